The van der Waals surface area contributed by atoms with E-state index in [2.05, 4.69) is 10.9 Å². The fourth-order valence-corrected chi connectivity index (χ4v) is 1.91. The summed E-state index contributed by atoms with van der Waals surface area (Å²) in [6.45, 7) is 3.29. The lowest BCUT2D eigenvalue weighted by Crippen LogP contribution is -2.38. The molecule has 1 aliphatic heterocycles. The zero-order valence-corrected chi connectivity index (χ0v) is 9.14. The van der Waals surface area contributed by atoms with Crippen molar-refractivity contribution in [3.63, 3.8) is 0 Å². The summed E-state index contributed by atoms with van der Waals surface area (Å²) in [5, 5.41) is 0.491. The molecule has 2 heterocycles. The standard InChI is InChI=1S/C10H12ClN3O/c1-2-12-13-10(15)9-8(11)6-7-4-3-5-14(7)9/h3-4,6,12H,2,5H2,1H3,(H,13,15). The number of halogens is 1. The molecule has 0 unspecified atom stereocenters. The van der Waals surface area contributed by atoms with Gasteiger partial charge >= 0.3 is 0 Å². The maximum absolute atomic E-state index is 11.7. The third-order valence-electron chi connectivity index (χ3n) is 2.25. The minimum absolute atomic E-state index is 0.197. The van der Waals surface area contributed by atoms with Crippen LogP contribution < -0.4 is 10.9 Å². The van der Waals surface area contributed by atoms with Gasteiger partial charge in [0.15, 0.2) is 0 Å². The number of hydrazine groups is 1. The maximum atomic E-state index is 11.7. The number of nitrogens with zero attached hydrogens (tertiary/aromatic N) is 1. The summed E-state index contributed by atoms with van der Waals surface area (Å²) in [5.74, 6) is -0.197. The van der Waals surface area contributed by atoms with Crippen LogP contribution in [0.3, 0.4) is 0 Å². The van der Waals surface area contributed by atoms with Gasteiger partial charge in [0.1, 0.15) is 5.69 Å². The van der Waals surface area contributed by atoms with Gasteiger partial charge in [0, 0.05) is 18.8 Å². The first-order valence-electron chi connectivity index (χ1n) is 4.82. The molecule has 1 amide bonds. The van der Waals surface area contributed by atoms with Gasteiger partial charge in [0.25, 0.3) is 5.91 Å². The lowest BCUT2D eigenvalue weighted by molar-refractivity contribution is 0.0925. The molecule has 0 radical (unpaired) electrons. The van der Waals surface area contributed by atoms with E-state index in [0.717, 1.165) is 5.69 Å². The molecule has 0 aliphatic carbocycles. The van der Waals surface area contributed by atoms with E-state index in [0.29, 0.717) is 23.8 Å². The van der Waals surface area contributed by atoms with Crippen LogP contribution in [-0.4, -0.2) is 17.0 Å². The number of rotatable bonds is 3. The predicted octanol–water partition coefficient (Wildman–Crippen LogP) is 1.42. The highest BCUT2D eigenvalue weighted by atomic mass is 35.5. The van der Waals surface area contributed by atoms with Crippen molar-refractivity contribution in [2.24, 2.45) is 0 Å². The molecule has 2 rings (SSSR count). The fraction of sp³-hybridized carbons (Fsp3) is 0.300. The lowest BCUT2D eigenvalue weighted by Gasteiger charge is -2.07. The highest BCUT2D eigenvalue weighted by molar-refractivity contribution is 6.34. The number of nitrogens with one attached hydrogen (secondary N) is 2. The number of hydrogen-bond acceptors (Lipinski definition) is 2. The highest BCUT2D eigenvalue weighted by Gasteiger charge is 2.20. The molecule has 80 valence electrons. The van der Waals surface area contributed by atoms with Crippen LogP contribution in [0, 0.1) is 0 Å². The second-order valence-corrected chi connectivity index (χ2v) is 3.67. The van der Waals surface area contributed by atoms with Crippen LogP contribution in [0.15, 0.2) is 12.1 Å². The molecule has 0 saturated carbocycles. The van der Waals surface area contributed by atoms with Gasteiger partial charge in [0.05, 0.1) is 5.02 Å². The molecule has 1 aromatic heterocycles. The van der Waals surface area contributed by atoms with Crippen molar-refractivity contribution in [2.75, 3.05) is 6.54 Å². The number of amides is 1. The molecule has 0 saturated heterocycles. The molecule has 1 aromatic rings. The number of carbonyl (C=O) groups is 1. The van der Waals surface area contributed by atoms with Gasteiger partial charge in [0.2, 0.25) is 0 Å². The Morgan fingerprint density at radius 2 is 2.47 bits per heavy atom. The Balaban J connectivity index is 2.25. The average Bonchev–Trinajstić information content (AvgIpc) is 2.73. The van der Waals surface area contributed by atoms with Crippen LogP contribution in [0.5, 0.6) is 0 Å². The second-order valence-electron chi connectivity index (χ2n) is 3.26. The van der Waals surface area contributed by atoms with Gasteiger partial charge in [-0.1, -0.05) is 24.6 Å². The van der Waals surface area contributed by atoms with Crippen LogP contribution in [0.25, 0.3) is 6.08 Å². The number of carbonyl (C=O) groups excluding carboxylic acids is 1. The number of aromatic nitrogens is 1. The molecular weight excluding hydrogens is 214 g/mol. The Hall–Kier alpha value is -1.26. The quantitative estimate of drug-likeness (QED) is 0.765. The van der Waals surface area contributed by atoms with E-state index < -0.39 is 0 Å². The van der Waals surface area contributed by atoms with Gasteiger partial charge in [-0.25, -0.2) is 5.43 Å². The first kappa shape index (κ1) is 10.3. The molecule has 0 aromatic carbocycles. The Kier molecular flexibility index (Phi) is 2.79. The lowest BCUT2D eigenvalue weighted by atomic mass is 10.4. The summed E-state index contributed by atoms with van der Waals surface area (Å²) in [6.07, 6.45) is 3.95. The molecule has 1 aliphatic rings. The maximum Gasteiger partial charge on any atom is 0.283 e. The van der Waals surface area contributed by atoms with Crippen molar-refractivity contribution >= 4 is 23.6 Å². The van der Waals surface area contributed by atoms with Gasteiger partial charge in [-0.2, -0.15) is 0 Å². The minimum Gasteiger partial charge on any atom is -0.332 e. The molecule has 0 bridgehead atoms. The van der Waals surface area contributed by atoms with E-state index >= 15 is 0 Å². The van der Waals surface area contributed by atoms with Crippen molar-refractivity contribution in [1.82, 2.24) is 15.4 Å². The number of allylic oxidation sites excluding steroid dienone is 1. The molecule has 15 heavy (non-hydrogen) atoms. The smallest absolute Gasteiger partial charge is 0.283 e. The summed E-state index contributed by atoms with van der Waals surface area (Å²) in [6, 6.07) is 1.80. The Morgan fingerprint density at radius 1 is 1.67 bits per heavy atom. The molecule has 0 spiro atoms. The van der Waals surface area contributed by atoms with E-state index in [9.17, 15) is 4.79 Å². The summed E-state index contributed by atoms with van der Waals surface area (Å²) >= 11 is 5.99. The van der Waals surface area contributed by atoms with Gasteiger partial charge in [-0.05, 0) is 12.1 Å². The highest BCUT2D eigenvalue weighted by Crippen LogP contribution is 2.25. The van der Waals surface area contributed by atoms with Crippen LogP contribution in [0.4, 0.5) is 0 Å². The summed E-state index contributed by atoms with van der Waals surface area (Å²) < 4.78 is 1.88. The SMILES string of the molecule is CCNNC(=O)c1c(Cl)cc2n1CC=C2. The van der Waals surface area contributed by atoms with Crippen molar-refractivity contribution in [1.29, 1.82) is 0 Å². The Morgan fingerprint density at radius 3 is 3.20 bits per heavy atom. The third-order valence-corrected chi connectivity index (χ3v) is 2.54. The van der Waals surface area contributed by atoms with E-state index in [1.54, 1.807) is 6.07 Å². The third kappa shape index (κ3) is 1.78. The molecule has 0 fully saturated rings. The van der Waals surface area contributed by atoms with E-state index in [-0.39, 0.29) is 5.91 Å². The molecular formula is C10H12ClN3O. The van der Waals surface area contributed by atoms with Crippen molar-refractivity contribution in [3.8, 4) is 0 Å². The summed E-state index contributed by atoms with van der Waals surface area (Å²) in [5.41, 5.74) is 6.83. The first-order chi connectivity index (χ1) is 7.24. The first-order valence-corrected chi connectivity index (χ1v) is 5.20. The van der Waals surface area contributed by atoms with Crippen molar-refractivity contribution in [3.05, 3.63) is 28.6 Å². The largest absolute Gasteiger partial charge is 0.332 e. The van der Waals surface area contributed by atoms with Crippen molar-refractivity contribution in [2.45, 2.75) is 13.5 Å². The topological polar surface area (TPSA) is 46.1 Å². The van der Waals surface area contributed by atoms with Crippen LogP contribution >= 0.6 is 11.6 Å². The van der Waals surface area contributed by atoms with Crippen molar-refractivity contribution < 1.29 is 4.79 Å². The molecule has 2 N–H and O–H groups in total. The second kappa shape index (κ2) is 4.08. The van der Waals surface area contributed by atoms with Crippen LogP contribution in [0.1, 0.15) is 23.1 Å². The van der Waals surface area contributed by atoms with Crippen LogP contribution in [-0.2, 0) is 6.54 Å². The molecule has 5 heteroatoms. The zero-order valence-electron chi connectivity index (χ0n) is 8.38. The van der Waals surface area contributed by atoms with Gasteiger partial charge < -0.3 is 4.57 Å². The van der Waals surface area contributed by atoms with Crippen LogP contribution in [0.2, 0.25) is 5.02 Å². The molecule has 4 nitrogen and oxygen atoms in total. The Bertz CT molecular complexity index is 423. The summed E-state index contributed by atoms with van der Waals surface area (Å²) in [7, 11) is 0. The number of hydrogen-bond donors (Lipinski definition) is 2. The Labute approximate surface area is 92.9 Å². The minimum atomic E-state index is -0.197. The van der Waals surface area contributed by atoms with Gasteiger partial charge in [-0.15, -0.1) is 0 Å². The fourth-order valence-electron chi connectivity index (χ4n) is 1.61. The normalized spacial score (nSPS) is 12.9. The van der Waals surface area contributed by atoms with Gasteiger partial charge in [-0.3, -0.25) is 10.2 Å². The van der Waals surface area contributed by atoms with E-state index in [4.69, 9.17) is 11.6 Å². The monoisotopic (exact) mass is 225 g/mol. The predicted molar refractivity (Wildman–Crippen MR) is 59.6 cm³/mol. The summed E-state index contributed by atoms with van der Waals surface area (Å²) in [4.78, 5) is 11.7. The van der Waals surface area contributed by atoms with E-state index in [1.807, 2.05) is 23.6 Å². The zero-order chi connectivity index (χ0) is 10.8. The number of fused-ring (bicyclic) bond motifs is 1. The average molecular weight is 226 g/mol. The molecule has 0 atom stereocenters. The van der Waals surface area contributed by atoms with E-state index in [1.165, 1.54) is 0 Å².